The SMILES string of the molecule is O=C(O)c1ccnc(C(=O)NCCC2=CCCCC2)c1. The second-order valence-electron chi connectivity index (χ2n) is 4.85. The van der Waals surface area contributed by atoms with Gasteiger partial charge in [-0.3, -0.25) is 9.78 Å². The first-order valence-corrected chi connectivity index (χ1v) is 6.82. The van der Waals surface area contributed by atoms with Crippen molar-refractivity contribution in [3.05, 3.63) is 41.2 Å². The number of aromatic carboxylic acids is 1. The molecule has 1 aliphatic rings. The molecule has 0 saturated heterocycles. The number of rotatable bonds is 5. The monoisotopic (exact) mass is 274 g/mol. The van der Waals surface area contributed by atoms with Gasteiger partial charge in [0.15, 0.2) is 0 Å². The Morgan fingerprint density at radius 1 is 1.35 bits per heavy atom. The van der Waals surface area contributed by atoms with Crippen molar-refractivity contribution in [1.82, 2.24) is 10.3 Å². The summed E-state index contributed by atoms with van der Waals surface area (Å²) in [5, 5.41) is 11.6. The fourth-order valence-corrected chi connectivity index (χ4v) is 2.25. The van der Waals surface area contributed by atoms with Gasteiger partial charge in [-0.05, 0) is 44.2 Å². The summed E-state index contributed by atoms with van der Waals surface area (Å²) in [4.78, 5) is 26.6. The van der Waals surface area contributed by atoms with Gasteiger partial charge < -0.3 is 10.4 Å². The largest absolute Gasteiger partial charge is 0.478 e. The van der Waals surface area contributed by atoms with Crippen molar-refractivity contribution in [2.24, 2.45) is 0 Å². The van der Waals surface area contributed by atoms with E-state index in [9.17, 15) is 9.59 Å². The first-order valence-electron chi connectivity index (χ1n) is 6.82. The lowest BCUT2D eigenvalue weighted by molar-refractivity contribution is 0.0696. The molecule has 0 radical (unpaired) electrons. The third kappa shape index (κ3) is 3.91. The van der Waals surface area contributed by atoms with Crippen LogP contribution in [0.2, 0.25) is 0 Å². The number of carboxylic acids is 1. The summed E-state index contributed by atoms with van der Waals surface area (Å²) in [6, 6.07) is 2.66. The van der Waals surface area contributed by atoms with Crippen LogP contribution in [-0.2, 0) is 0 Å². The van der Waals surface area contributed by atoms with Crippen LogP contribution in [0.4, 0.5) is 0 Å². The van der Waals surface area contributed by atoms with E-state index in [-0.39, 0.29) is 17.2 Å². The molecule has 0 fully saturated rings. The number of hydrogen-bond acceptors (Lipinski definition) is 3. The molecule has 1 aromatic heterocycles. The molecule has 0 aliphatic heterocycles. The summed E-state index contributed by atoms with van der Waals surface area (Å²) in [6.07, 6.45) is 9.16. The van der Waals surface area contributed by atoms with E-state index in [1.165, 1.54) is 36.7 Å². The van der Waals surface area contributed by atoms with Gasteiger partial charge in [-0.2, -0.15) is 0 Å². The molecule has 1 heterocycles. The zero-order valence-corrected chi connectivity index (χ0v) is 11.3. The second-order valence-corrected chi connectivity index (χ2v) is 4.85. The zero-order chi connectivity index (χ0) is 14.4. The number of allylic oxidation sites excluding steroid dienone is 1. The molecule has 1 aliphatic carbocycles. The van der Waals surface area contributed by atoms with Crippen LogP contribution in [0.3, 0.4) is 0 Å². The molecule has 2 N–H and O–H groups in total. The van der Waals surface area contributed by atoms with Gasteiger partial charge in [-0.15, -0.1) is 0 Å². The van der Waals surface area contributed by atoms with Crippen molar-refractivity contribution in [3.8, 4) is 0 Å². The first kappa shape index (κ1) is 14.2. The first-order chi connectivity index (χ1) is 9.66. The number of hydrogen-bond donors (Lipinski definition) is 2. The lowest BCUT2D eigenvalue weighted by atomic mass is 9.97. The van der Waals surface area contributed by atoms with Crippen LogP contribution < -0.4 is 5.32 Å². The topological polar surface area (TPSA) is 79.3 Å². The van der Waals surface area contributed by atoms with E-state index >= 15 is 0 Å². The highest BCUT2D eigenvalue weighted by Gasteiger charge is 2.11. The molecule has 0 saturated carbocycles. The third-order valence-corrected chi connectivity index (χ3v) is 3.36. The summed E-state index contributed by atoms with van der Waals surface area (Å²) >= 11 is 0. The van der Waals surface area contributed by atoms with Gasteiger partial charge in [-0.1, -0.05) is 11.6 Å². The van der Waals surface area contributed by atoms with E-state index in [0.717, 1.165) is 19.3 Å². The Balaban J connectivity index is 1.86. The lowest BCUT2D eigenvalue weighted by Gasteiger charge is -2.12. The summed E-state index contributed by atoms with van der Waals surface area (Å²) in [7, 11) is 0. The number of nitrogens with one attached hydrogen (secondary N) is 1. The fraction of sp³-hybridized carbons (Fsp3) is 0.400. The van der Waals surface area contributed by atoms with Gasteiger partial charge in [0, 0.05) is 12.7 Å². The van der Waals surface area contributed by atoms with Crippen molar-refractivity contribution in [2.75, 3.05) is 6.54 Å². The minimum atomic E-state index is -1.06. The van der Waals surface area contributed by atoms with Gasteiger partial charge in [0.25, 0.3) is 5.91 Å². The van der Waals surface area contributed by atoms with Crippen LogP contribution in [0.5, 0.6) is 0 Å². The average Bonchev–Trinajstić information content (AvgIpc) is 2.48. The minimum Gasteiger partial charge on any atom is -0.478 e. The molecular formula is C15H18N2O3. The third-order valence-electron chi connectivity index (χ3n) is 3.36. The van der Waals surface area contributed by atoms with Crippen LogP contribution in [0.15, 0.2) is 30.0 Å². The summed E-state index contributed by atoms with van der Waals surface area (Å²) < 4.78 is 0. The highest BCUT2D eigenvalue weighted by atomic mass is 16.4. The maximum absolute atomic E-state index is 11.9. The number of amides is 1. The van der Waals surface area contributed by atoms with Gasteiger partial charge in [0.2, 0.25) is 0 Å². The molecule has 5 nitrogen and oxygen atoms in total. The van der Waals surface area contributed by atoms with Gasteiger partial charge in [0.1, 0.15) is 5.69 Å². The maximum atomic E-state index is 11.9. The Morgan fingerprint density at radius 3 is 2.90 bits per heavy atom. The number of carbonyl (C=O) groups is 2. The van der Waals surface area contributed by atoms with Crippen LogP contribution >= 0.6 is 0 Å². The molecule has 0 bridgehead atoms. The molecule has 1 aromatic rings. The van der Waals surface area contributed by atoms with E-state index in [1.807, 2.05) is 0 Å². The highest BCUT2D eigenvalue weighted by molar-refractivity contribution is 5.95. The van der Waals surface area contributed by atoms with Gasteiger partial charge in [-0.25, -0.2) is 4.79 Å². The predicted octanol–water partition coefficient (Wildman–Crippen LogP) is 2.40. The summed E-state index contributed by atoms with van der Waals surface area (Å²) in [5.41, 5.74) is 1.60. The van der Waals surface area contributed by atoms with Crippen LogP contribution in [0, 0.1) is 0 Å². The zero-order valence-electron chi connectivity index (χ0n) is 11.3. The quantitative estimate of drug-likeness (QED) is 0.808. The van der Waals surface area contributed by atoms with Gasteiger partial charge in [0.05, 0.1) is 5.56 Å². The Bertz CT molecular complexity index is 538. The van der Waals surface area contributed by atoms with Crippen molar-refractivity contribution >= 4 is 11.9 Å². The Kier molecular flexibility index (Phi) is 4.87. The summed E-state index contributed by atoms with van der Waals surface area (Å²) in [5.74, 6) is -1.39. The molecule has 0 spiro atoms. The molecule has 0 unspecified atom stereocenters. The normalized spacial score (nSPS) is 14.5. The smallest absolute Gasteiger partial charge is 0.335 e. The predicted molar refractivity (Wildman–Crippen MR) is 74.7 cm³/mol. The van der Waals surface area contributed by atoms with E-state index in [2.05, 4.69) is 16.4 Å². The van der Waals surface area contributed by atoms with Crippen LogP contribution in [0.25, 0.3) is 0 Å². The molecule has 0 aromatic carbocycles. The van der Waals surface area contributed by atoms with E-state index in [0.29, 0.717) is 6.54 Å². The molecular weight excluding hydrogens is 256 g/mol. The van der Waals surface area contributed by atoms with Crippen molar-refractivity contribution in [3.63, 3.8) is 0 Å². The summed E-state index contributed by atoms with van der Waals surface area (Å²) in [6.45, 7) is 0.559. The van der Waals surface area contributed by atoms with E-state index < -0.39 is 5.97 Å². The van der Waals surface area contributed by atoms with Gasteiger partial charge >= 0.3 is 5.97 Å². The number of carbonyl (C=O) groups excluding carboxylic acids is 1. The van der Waals surface area contributed by atoms with E-state index in [4.69, 9.17) is 5.11 Å². The lowest BCUT2D eigenvalue weighted by Crippen LogP contribution is -2.26. The molecule has 106 valence electrons. The number of aromatic nitrogens is 1. The number of carboxylic acid groups (broad SMARTS) is 1. The molecule has 0 atom stereocenters. The highest BCUT2D eigenvalue weighted by Crippen LogP contribution is 2.19. The minimum absolute atomic E-state index is 0.0696. The van der Waals surface area contributed by atoms with E-state index in [1.54, 1.807) is 0 Å². The van der Waals surface area contributed by atoms with Crippen molar-refractivity contribution in [1.29, 1.82) is 0 Å². The Morgan fingerprint density at radius 2 is 2.20 bits per heavy atom. The number of nitrogens with zero attached hydrogens (tertiary/aromatic N) is 1. The molecule has 2 rings (SSSR count). The second kappa shape index (κ2) is 6.84. The molecule has 1 amide bonds. The number of pyridine rings is 1. The molecule has 5 heteroatoms. The van der Waals surface area contributed by atoms with Crippen molar-refractivity contribution in [2.45, 2.75) is 32.1 Å². The van der Waals surface area contributed by atoms with Crippen LogP contribution in [0.1, 0.15) is 53.0 Å². The Labute approximate surface area is 117 Å². The maximum Gasteiger partial charge on any atom is 0.335 e. The molecule has 20 heavy (non-hydrogen) atoms. The standard InChI is InChI=1S/C15H18N2O3/c18-14(13-10-12(15(19)20)7-9-16-13)17-8-6-11-4-2-1-3-5-11/h4,7,9-10H,1-3,5-6,8H2,(H,17,18)(H,19,20). The van der Waals surface area contributed by atoms with Crippen LogP contribution in [-0.4, -0.2) is 28.5 Å². The van der Waals surface area contributed by atoms with Crippen molar-refractivity contribution < 1.29 is 14.7 Å². The Hall–Kier alpha value is -2.17. The fourth-order valence-electron chi connectivity index (χ4n) is 2.25. The average molecular weight is 274 g/mol.